The first-order valence-electron chi connectivity index (χ1n) is 9.75. The molecule has 1 aliphatic heterocycles. The number of rotatable bonds is 3. The standard InChI is InChI=1S/C23H19F4N3O2/c1-12-7-8-13(2)15(9-12)18-10-16(14-5-3-4-6-17(14)28-18)21(31)30-23(32,22(26)27)11-19(29-30)20(24)25/h3-10,22,29,32H,11H2,1-2H3. The lowest BCUT2D eigenvalue weighted by molar-refractivity contribution is -0.168. The summed E-state index contributed by atoms with van der Waals surface area (Å²) in [7, 11) is 0. The molecule has 0 bridgehead atoms. The molecule has 5 nitrogen and oxygen atoms in total. The number of hydrazine groups is 1. The van der Waals surface area contributed by atoms with E-state index >= 15 is 0 Å². The Kier molecular flexibility index (Phi) is 5.37. The van der Waals surface area contributed by atoms with Gasteiger partial charge in [0, 0.05) is 10.9 Å². The van der Waals surface area contributed by atoms with Gasteiger partial charge < -0.3 is 5.11 Å². The molecule has 1 amide bonds. The molecule has 166 valence electrons. The first-order chi connectivity index (χ1) is 15.1. The third kappa shape index (κ3) is 3.58. The summed E-state index contributed by atoms with van der Waals surface area (Å²) in [5.41, 5.74) is 1.25. The minimum Gasteiger partial charge on any atom is -0.364 e. The van der Waals surface area contributed by atoms with Crippen LogP contribution in [-0.2, 0) is 0 Å². The average molecular weight is 445 g/mol. The van der Waals surface area contributed by atoms with Crippen LogP contribution in [0.3, 0.4) is 0 Å². The molecule has 0 radical (unpaired) electrons. The van der Waals surface area contributed by atoms with Crippen LogP contribution in [0.5, 0.6) is 0 Å². The highest BCUT2D eigenvalue weighted by Gasteiger charge is 2.53. The Hall–Kier alpha value is -3.46. The molecule has 32 heavy (non-hydrogen) atoms. The van der Waals surface area contributed by atoms with Crippen molar-refractivity contribution in [3.05, 3.63) is 77.0 Å². The molecule has 1 fully saturated rings. The number of hydrogen-bond donors (Lipinski definition) is 2. The van der Waals surface area contributed by atoms with Crippen molar-refractivity contribution in [2.24, 2.45) is 0 Å². The molecule has 2 aromatic carbocycles. The van der Waals surface area contributed by atoms with Crippen LogP contribution in [0.1, 0.15) is 27.9 Å². The van der Waals surface area contributed by atoms with Crippen LogP contribution in [0.2, 0.25) is 0 Å². The lowest BCUT2D eigenvalue weighted by Gasteiger charge is -2.31. The van der Waals surface area contributed by atoms with Crippen LogP contribution in [0.15, 0.2) is 60.3 Å². The van der Waals surface area contributed by atoms with E-state index < -0.39 is 36.3 Å². The molecule has 3 aromatic rings. The molecule has 4 rings (SSSR count). The maximum atomic E-state index is 13.7. The normalized spacial score (nSPS) is 18.4. The topological polar surface area (TPSA) is 65.5 Å². The van der Waals surface area contributed by atoms with Crippen molar-refractivity contribution in [2.75, 3.05) is 0 Å². The van der Waals surface area contributed by atoms with Gasteiger partial charge in [-0.2, -0.15) is 8.78 Å². The molecule has 0 spiro atoms. The summed E-state index contributed by atoms with van der Waals surface area (Å²) < 4.78 is 53.6. The minimum atomic E-state index is -3.48. The van der Waals surface area contributed by atoms with Gasteiger partial charge in [0.15, 0.2) is 0 Å². The van der Waals surface area contributed by atoms with Gasteiger partial charge in [0.1, 0.15) is 5.70 Å². The van der Waals surface area contributed by atoms with E-state index in [-0.39, 0.29) is 10.6 Å². The number of alkyl halides is 2. The van der Waals surface area contributed by atoms with Crippen molar-refractivity contribution in [3.8, 4) is 11.3 Å². The number of halogens is 4. The molecular formula is C23H19F4N3O2. The number of carbonyl (C=O) groups excluding carboxylic acids is 1. The van der Waals surface area contributed by atoms with E-state index in [2.05, 4.69) is 4.98 Å². The van der Waals surface area contributed by atoms with Gasteiger partial charge in [-0.1, -0.05) is 35.9 Å². The number of nitrogens with zero attached hydrogens (tertiary/aromatic N) is 2. The maximum absolute atomic E-state index is 13.7. The van der Waals surface area contributed by atoms with Gasteiger partial charge in [0.25, 0.3) is 18.4 Å². The van der Waals surface area contributed by atoms with Gasteiger partial charge in [-0.25, -0.2) is 18.8 Å². The average Bonchev–Trinajstić information content (AvgIpc) is 3.13. The second kappa shape index (κ2) is 7.90. The number of fused-ring (bicyclic) bond motifs is 1. The number of para-hydroxylation sites is 1. The number of nitrogens with one attached hydrogen (secondary N) is 1. The molecule has 2 heterocycles. The van der Waals surface area contributed by atoms with E-state index in [1.54, 1.807) is 24.3 Å². The highest BCUT2D eigenvalue weighted by molar-refractivity contribution is 6.07. The molecule has 0 saturated carbocycles. The van der Waals surface area contributed by atoms with Crippen LogP contribution in [-0.4, -0.2) is 33.2 Å². The van der Waals surface area contributed by atoms with E-state index in [4.69, 9.17) is 0 Å². The zero-order chi connectivity index (χ0) is 23.2. The largest absolute Gasteiger partial charge is 0.364 e. The summed E-state index contributed by atoms with van der Waals surface area (Å²) in [5.74, 6) is -1.07. The number of carbonyl (C=O) groups is 1. The lowest BCUT2D eigenvalue weighted by Crippen LogP contribution is -2.55. The summed E-state index contributed by atoms with van der Waals surface area (Å²) in [4.78, 5) is 18.0. The third-order valence-corrected chi connectivity index (χ3v) is 5.47. The number of aryl methyl sites for hydroxylation is 2. The van der Waals surface area contributed by atoms with E-state index in [1.807, 2.05) is 37.5 Å². The highest BCUT2D eigenvalue weighted by Crippen LogP contribution is 2.37. The summed E-state index contributed by atoms with van der Waals surface area (Å²) >= 11 is 0. The maximum Gasteiger partial charge on any atom is 0.291 e. The Labute approximate surface area is 181 Å². The number of hydrogen-bond acceptors (Lipinski definition) is 4. The molecule has 0 aliphatic carbocycles. The Morgan fingerprint density at radius 1 is 1.16 bits per heavy atom. The first kappa shape index (κ1) is 21.8. The van der Waals surface area contributed by atoms with Gasteiger partial charge in [-0.05, 0) is 37.6 Å². The SMILES string of the molecule is Cc1ccc(C)c(-c2cc(C(=O)N3NC(=C(F)F)CC3(O)C(F)F)c3ccccc3n2)c1. The Bertz CT molecular complexity index is 1260. The van der Waals surface area contributed by atoms with Crippen LogP contribution in [0.25, 0.3) is 22.2 Å². The second-order valence-corrected chi connectivity index (χ2v) is 7.74. The Balaban J connectivity index is 1.91. The van der Waals surface area contributed by atoms with Gasteiger partial charge in [0.2, 0.25) is 5.72 Å². The van der Waals surface area contributed by atoms with E-state index in [1.165, 1.54) is 6.07 Å². The van der Waals surface area contributed by atoms with Crippen LogP contribution < -0.4 is 5.43 Å². The molecule has 1 aromatic heterocycles. The van der Waals surface area contributed by atoms with Crippen molar-refractivity contribution in [1.29, 1.82) is 0 Å². The van der Waals surface area contributed by atoms with Crippen molar-refractivity contribution >= 4 is 16.8 Å². The zero-order valence-corrected chi connectivity index (χ0v) is 17.2. The lowest BCUT2D eigenvalue weighted by atomic mass is 9.98. The molecule has 1 unspecified atom stereocenters. The predicted molar refractivity (Wildman–Crippen MR) is 111 cm³/mol. The van der Waals surface area contributed by atoms with E-state index in [0.29, 0.717) is 16.6 Å². The van der Waals surface area contributed by atoms with Gasteiger partial charge in [0.05, 0.1) is 23.2 Å². The minimum absolute atomic E-state index is 0.0569. The number of benzene rings is 2. The molecule has 2 N–H and O–H groups in total. The van der Waals surface area contributed by atoms with E-state index in [0.717, 1.165) is 16.7 Å². The molecule has 1 aliphatic rings. The van der Waals surface area contributed by atoms with Crippen molar-refractivity contribution in [3.63, 3.8) is 0 Å². The Morgan fingerprint density at radius 3 is 2.56 bits per heavy atom. The number of aliphatic hydroxyl groups is 1. The molecule has 9 heteroatoms. The Morgan fingerprint density at radius 2 is 1.88 bits per heavy atom. The van der Waals surface area contributed by atoms with Crippen LogP contribution >= 0.6 is 0 Å². The fourth-order valence-electron chi connectivity index (χ4n) is 3.74. The summed E-state index contributed by atoms with van der Waals surface area (Å²) in [5, 5.41) is 10.9. The van der Waals surface area contributed by atoms with Crippen LogP contribution in [0.4, 0.5) is 17.6 Å². The number of amides is 1. The van der Waals surface area contributed by atoms with Crippen molar-refractivity contribution < 1.29 is 27.5 Å². The summed E-state index contributed by atoms with van der Waals surface area (Å²) in [6.07, 6.45) is -6.89. The fourth-order valence-corrected chi connectivity index (χ4v) is 3.74. The van der Waals surface area contributed by atoms with Gasteiger partial charge in [-0.15, -0.1) is 0 Å². The quantitative estimate of drug-likeness (QED) is 0.561. The van der Waals surface area contributed by atoms with Crippen molar-refractivity contribution in [2.45, 2.75) is 32.4 Å². The smallest absolute Gasteiger partial charge is 0.291 e. The monoisotopic (exact) mass is 445 g/mol. The number of pyridine rings is 1. The van der Waals surface area contributed by atoms with Crippen LogP contribution in [0, 0.1) is 13.8 Å². The summed E-state index contributed by atoms with van der Waals surface area (Å²) in [6, 6.07) is 13.7. The predicted octanol–water partition coefficient (Wildman–Crippen LogP) is 4.93. The summed E-state index contributed by atoms with van der Waals surface area (Å²) in [6.45, 7) is 3.76. The zero-order valence-electron chi connectivity index (χ0n) is 17.2. The number of aromatic nitrogens is 1. The van der Waals surface area contributed by atoms with Crippen molar-refractivity contribution in [1.82, 2.24) is 15.4 Å². The first-order valence-corrected chi connectivity index (χ1v) is 9.75. The second-order valence-electron chi connectivity index (χ2n) is 7.74. The molecular weight excluding hydrogens is 426 g/mol. The molecule has 1 saturated heterocycles. The molecule has 1 atom stereocenters. The van der Waals surface area contributed by atoms with Gasteiger partial charge in [-0.3, -0.25) is 10.2 Å². The van der Waals surface area contributed by atoms with Gasteiger partial charge >= 0.3 is 0 Å². The third-order valence-electron chi connectivity index (χ3n) is 5.47. The van der Waals surface area contributed by atoms with E-state index in [9.17, 15) is 27.5 Å². The highest BCUT2D eigenvalue weighted by atomic mass is 19.3. The fraction of sp³-hybridized carbons (Fsp3) is 0.217.